The molecule has 1 N–H and O–H groups in total. The molecule has 0 aliphatic rings. The van der Waals surface area contributed by atoms with Gasteiger partial charge < -0.3 is 5.32 Å². The highest BCUT2D eigenvalue weighted by Crippen LogP contribution is 2.24. The first-order valence-corrected chi connectivity index (χ1v) is 7.62. The third-order valence-electron chi connectivity index (χ3n) is 2.85. The molecular weight excluding hydrogens is 326 g/mol. The van der Waals surface area contributed by atoms with E-state index in [-0.39, 0.29) is 17.6 Å². The van der Waals surface area contributed by atoms with E-state index in [1.165, 1.54) is 11.8 Å². The minimum absolute atomic E-state index is 0.0491. The van der Waals surface area contributed by atoms with Gasteiger partial charge in [0.2, 0.25) is 5.91 Å². The van der Waals surface area contributed by atoms with Gasteiger partial charge in [0.15, 0.2) is 0 Å². The Balaban J connectivity index is 2.58. The Morgan fingerprint density at radius 3 is 2.89 bits per heavy atom. The quantitative estimate of drug-likeness (QED) is 0.836. The Hall–Kier alpha value is -1.06. The summed E-state index contributed by atoms with van der Waals surface area (Å²) >= 11 is 4.72. The summed E-state index contributed by atoms with van der Waals surface area (Å²) in [6.45, 7) is 5.55. The van der Waals surface area contributed by atoms with Crippen LogP contribution in [0.4, 0.5) is 0 Å². The smallest absolute Gasteiger partial charge is 0.231 e. The van der Waals surface area contributed by atoms with E-state index >= 15 is 0 Å². The van der Waals surface area contributed by atoms with Crippen LogP contribution < -0.4 is 5.32 Å². The minimum atomic E-state index is -0.834. The van der Waals surface area contributed by atoms with Crippen molar-refractivity contribution in [3.8, 4) is 6.07 Å². The number of carbonyl (C=O) groups excluding carboxylic acids is 1. The number of thioether (sulfide) groups is 1. The van der Waals surface area contributed by atoms with E-state index < -0.39 is 5.54 Å². The van der Waals surface area contributed by atoms with Crippen LogP contribution in [-0.4, -0.2) is 22.2 Å². The number of hydrogen-bond donors (Lipinski definition) is 1. The zero-order valence-electron chi connectivity index (χ0n) is 11.1. The van der Waals surface area contributed by atoms with Gasteiger partial charge in [0.25, 0.3) is 0 Å². The molecule has 1 atom stereocenters. The molecule has 4 nitrogen and oxygen atoms in total. The highest BCUT2D eigenvalue weighted by Gasteiger charge is 2.29. The van der Waals surface area contributed by atoms with Gasteiger partial charge in [0, 0.05) is 10.7 Å². The van der Waals surface area contributed by atoms with Crippen molar-refractivity contribution in [2.45, 2.75) is 31.3 Å². The van der Waals surface area contributed by atoms with Crippen LogP contribution in [0, 0.1) is 17.2 Å². The zero-order chi connectivity index (χ0) is 14.5. The number of rotatable bonds is 5. The first-order chi connectivity index (χ1) is 8.89. The molecule has 1 unspecified atom stereocenters. The molecule has 0 bridgehead atoms. The van der Waals surface area contributed by atoms with Crippen LogP contribution in [0.25, 0.3) is 0 Å². The average molecular weight is 342 g/mol. The van der Waals surface area contributed by atoms with Gasteiger partial charge in [0.1, 0.15) is 10.6 Å². The third kappa shape index (κ3) is 4.51. The van der Waals surface area contributed by atoms with Gasteiger partial charge in [-0.25, -0.2) is 4.98 Å². The summed E-state index contributed by atoms with van der Waals surface area (Å²) in [5.41, 5.74) is -0.834. The molecule has 0 saturated carbocycles. The van der Waals surface area contributed by atoms with E-state index in [1.807, 2.05) is 26.0 Å². The second-order valence-corrected chi connectivity index (χ2v) is 6.41. The molecule has 6 heteroatoms. The molecule has 0 saturated heterocycles. The molecule has 19 heavy (non-hydrogen) atoms. The van der Waals surface area contributed by atoms with Crippen LogP contribution in [0.15, 0.2) is 27.8 Å². The fourth-order valence-corrected chi connectivity index (χ4v) is 2.52. The molecule has 0 aliphatic heterocycles. The molecular formula is C13H16BrN3OS. The fourth-order valence-electron chi connectivity index (χ4n) is 1.24. The third-order valence-corrected chi connectivity index (χ3v) is 4.76. The van der Waals surface area contributed by atoms with Crippen molar-refractivity contribution in [1.29, 1.82) is 5.26 Å². The van der Waals surface area contributed by atoms with Crippen LogP contribution in [0.3, 0.4) is 0 Å². The maximum absolute atomic E-state index is 11.9. The molecule has 102 valence electrons. The SMILES string of the molecule is CC(C)C(C)(C#N)NC(=O)CSc1ncccc1Br. The van der Waals surface area contributed by atoms with Crippen molar-refractivity contribution in [1.82, 2.24) is 10.3 Å². The number of amides is 1. The monoisotopic (exact) mass is 341 g/mol. The maximum atomic E-state index is 11.9. The topological polar surface area (TPSA) is 65.8 Å². The van der Waals surface area contributed by atoms with E-state index in [4.69, 9.17) is 5.26 Å². The second kappa shape index (κ2) is 6.92. The zero-order valence-corrected chi connectivity index (χ0v) is 13.5. The van der Waals surface area contributed by atoms with E-state index in [2.05, 4.69) is 32.3 Å². The molecule has 1 heterocycles. The van der Waals surface area contributed by atoms with E-state index in [0.717, 1.165) is 9.50 Å². The van der Waals surface area contributed by atoms with E-state index in [1.54, 1.807) is 13.1 Å². The van der Waals surface area contributed by atoms with Gasteiger partial charge in [-0.1, -0.05) is 25.6 Å². The lowest BCUT2D eigenvalue weighted by molar-refractivity contribution is -0.120. The summed E-state index contributed by atoms with van der Waals surface area (Å²) in [4.78, 5) is 16.1. The summed E-state index contributed by atoms with van der Waals surface area (Å²) < 4.78 is 0.861. The van der Waals surface area contributed by atoms with Crippen LogP contribution in [0.2, 0.25) is 0 Å². The van der Waals surface area contributed by atoms with Gasteiger partial charge in [-0.2, -0.15) is 5.26 Å². The highest BCUT2D eigenvalue weighted by molar-refractivity contribution is 9.10. The Morgan fingerprint density at radius 2 is 2.37 bits per heavy atom. The normalized spacial score (nSPS) is 13.7. The first kappa shape index (κ1) is 16.0. The molecule has 1 rings (SSSR count). The van der Waals surface area contributed by atoms with E-state index in [0.29, 0.717) is 0 Å². The molecule has 1 amide bonds. The Kier molecular flexibility index (Phi) is 5.83. The molecule has 1 aromatic rings. The second-order valence-electron chi connectivity index (χ2n) is 4.60. The maximum Gasteiger partial charge on any atom is 0.231 e. The van der Waals surface area contributed by atoms with Crippen molar-refractivity contribution in [2.24, 2.45) is 5.92 Å². The van der Waals surface area contributed by atoms with Crippen LogP contribution >= 0.6 is 27.7 Å². The summed E-state index contributed by atoms with van der Waals surface area (Å²) in [5, 5.41) is 12.7. The molecule has 0 fully saturated rings. The Bertz CT molecular complexity index is 501. The average Bonchev–Trinajstić information content (AvgIpc) is 2.37. The molecule has 0 aliphatic carbocycles. The number of aromatic nitrogens is 1. The summed E-state index contributed by atoms with van der Waals surface area (Å²) in [6, 6.07) is 5.85. The highest BCUT2D eigenvalue weighted by atomic mass is 79.9. The fraction of sp³-hybridized carbons (Fsp3) is 0.462. The van der Waals surface area contributed by atoms with Gasteiger partial charge >= 0.3 is 0 Å². The standard InChI is InChI=1S/C13H16BrN3OS/c1-9(2)13(3,8-15)17-11(18)7-19-12-10(14)5-4-6-16-12/h4-6,9H,7H2,1-3H3,(H,17,18). The molecule has 0 aromatic carbocycles. The van der Waals surface area contributed by atoms with Gasteiger partial charge in [-0.15, -0.1) is 0 Å². The first-order valence-electron chi connectivity index (χ1n) is 5.84. The lowest BCUT2D eigenvalue weighted by Crippen LogP contribution is -2.49. The lowest BCUT2D eigenvalue weighted by Gasteiger charge is -2.27. The predicted octanol–water partition coefficient (Wildman–Crippen LogP) is 2.99. The Morgan fingerprint density at radius 1 is 1.68 bits per heavy atom. The van der Waals surface area contributed by atoms with Crippen LogP contribution in [-0.2, 0) is 4.79 Å². The summed E-state index contributed by atoms with van der Waals surface area (Å²) in [7, 11) is 0. The number of nitrogens with one attached hydrogen (secondary N) is 1. The van der Waals surface area contributed by atoms with Gasteiger partial charge in [-0.3, -0.25) is 4.79 Å². The number of carbonyl (C=O) groups is 1. The van der Waals surface area contributed by atoms with Crippen molar-refractivity contribution in [2.75, 3.05) is 5.75 Å². The van der Waals surface area contributed by atoms with Gasteiger partial charge in [0.05, 0.1) is 11.8 Å². The molecule has 1 aromatic heterocycles. The summed E-state index contributed by atoms with van der Waals surface area (Å²) in [6.07, 6.45) is 1.68. The number of nitriles is 1. The van der Waals surface area contributed by atoms with Crippen molar-refractivity contribution in [3.05, 3.63) is 22.8 Å². The number of pyridine rings is 1. The Labute approximate surface area is 126 Å². The predicted molar refractivity (Wildman–Crippen MR) is 79.7 cm³/mol. The van der Waals surface area contributed by atoms with Crippen LogP contribution in [0.1, 0.15) is 20.8 Å². The van der Waals surface area contributed by atoms with E-state index in [9.17, 15) is 4.79 Å². The van der Waals surface area contributed by atoms with Gasteiger partial charge in [-0.05, 0) is 40.9 Å². The summed E-state index contributed by atoms with van der Waals surface area (Å²) in [5.74, 6) is 0.118. The number of nitrogens with zero attached hydrogens (tertiary/aromatic N) is 2. The number of halogens is 1. The van der Waals surface area contributed by atoms with Crippen molar-refractivity contribution >= 4 is 33.6 Å². The molecule has 0 radical (unpaired) electrons. The van der Waals surface area contributed by atoms with Crippen molar-refractivity contribution < 1.29 is 4.79 Å². The molecule has 0 spiro atoms. The largest absolute Gasteiger partial charge is 0.337 e. The van der Waals surface area contributed by atoms with Crippen LogP contribution in [0.5, 0.6) is 0 Å². The van der Waals surface area contributed by atoms with Crippen molar-refractivity contribution in [3.63, 3.8) is 0 Å². The number of hydrogen-bond acceptors (Lipinski definition) is 4. The lowest BCUT2D eigenvalue weighted by atomic mass is 9.90. The minimum Gasteiger partial charge on any atom is -0.337 e.